The van der Waals surface area contributed by atoms with Crippen molar-refractivity contribution in [2.45, 2.75) is 16.1 Å². The Bertz CT molecular complexity index is 905. The summed E-state index contributed by atoms with van der Waals surface area (Å²) in [4.78, 5) is 11.7. The third-order valence-electron chi connectivity index (χ3n) is 4.18. The van der Waals surface area contributed by atoms with E-state index in [0.29, 0.717) is 16.9 Å². The van der Waals surface area contributed by atoms with Gasteiger partial charge in [0, 0.05) is 10.9 Å². The molecular formula is C17H12ClNO3S. The lowest BCUT2D eigenvalue weighted by molar-refractivity contribution is -0.110. The molecule has 116 valence electrons. The topological polar surface area (TPSA) is 75.0 Å². The maximum absolute atomic E-state index is 12.9. The first-order valence-corrected chi connectivity index (χ1v) is 8.82. The van der Waals surface area contributed by atoms with Crippen LogP contribution in [0.1, 0.15) is 11.5 Å². The summed E-state index contributed by atoms with van der Waals surface area (Å²) in [6.07, 6.45) is 0.448. The van der Waals surface area contributed by atoms with Crippen LogP contribution in [0.5, 0.6) is 0 Å². The standard InChI is InChI=1S/C17H12ClNO3S/c18-13-6-4-5-12(9-13)15-16(17(15,10-19)11-20)23(21,22)14-7-2-1-3-8-14/h1-9,11,15-16H/t15-,16-,17-/m0/s1. The third-order valence-corrected chi connectivity index (χ3v) is 6.68. The second kappa shape index (κ2) is 5.48. The number of nitriles is 1. The molecule has 1 fully saturated rings. The van der Waals surface area contributed by atoms with Gasteiger partial charge in [-0.15, -0.1) is 0 Å². The Morgan fingerprint density at radius 2 is 1.83 bits per heavy atom. The smallest absolute Gasteiger partial charge is 0.183 e. The van der Waals surface area contributed by atoms with E-state index in [1.807, 2.05) is 6.07 Å². The highest BCUT2D eigenvalue weighted by molar-refractivity contribution is 7.92. The van der Waals surface area contributed by atoms with Crippen molar-refractivity contribution < 1.29 is 13.2 Å². The van der Waals surface area contributed by atoms with Crippen LogP contribution in [0.2, 0.25) is 5.02 Å². The Morgan fingerprint density at radius 3 is 2.39 bits per heavy atom. The van der Waals surface area contributed by atoms with Crippen LogP contribution in [-0.2, 0) is 14.6 Å². The van der Waals surface area contributed by atoms with E-state index in [-0.39, 0.29) is 4.90 Å². The molecule has 1 aliphatic carbocycles. The zero-order valence-electron chi connectivity index (χ0n) is 11.9. The highest BCUT2D eigenvalue weighted by Gasteiger charge is 2.72. The summed E-state index contributed by atoms with van der Waals surface area (Å²) >= 11 is 5.95. The number of carbonyl (C=O) groups excluding carboxylic acids is 1. The third kappa shape index (κ3) is 2.35. The van der Waals surface area contributed by atoms with Gasteiger partial charge in [-0.1, -0.05) is 41.9 Å². The monoisotopic (exact) mass is 345 g/mol. The van der Waals surface area contributed by atoms with E-state index in [9.17, 15) is 18.5 Å². The Morgan fingerprint density at radius 1 is 1.13 bits per heavy atom. The minimum absolute atomic E-state index is 0.107. The Balaban J connectivity index is 2.11. The number of sulfone groups is 1. The molecule has 0 N–H and O–H groups in total. The highest BCUT2D eigenvalue weighted by atomic mass is 35.5. The second-order valence-corrected chi connectivity index (χ2v) is 7.98. The van der Waals surface area contributed by atoms with E-state index < -0.39 is 26.4 Å². The zero-order chi connectivity index (χ0) is 16.7. The fourth-order valence-corrected chi connectivity index (χ4v) is 5.48. The maximum Gasteiger partial charge on any atom is 0.183 e. The van der Waals surface area contributed by atoms with E-state index in [2.05, 4.69) is 0 Å². The second-order valence-electron chi connectivity index (χ2n) is 5.47. The minimum atomic E-state index is -3.80. The van der Waals surface area contributed by atoms with Gasteiger partial charge in [-0.2, -0.15) is 5.26 Å². The summed E-state index contributed by atoms with van der Waals surface area (Å²) in [6, 6.07) is 16.4. The van der Waals surface area contributed by atoms with Crippen molar-refractivity contribution in [1.29, 1.82) is 5.26 Å². The van der Waals surface area contributed by atoms with Gasteiger partial charge in [0.1, 0.15) is 17.0 Å². The van der Waals surface area contributed by atoms with Crippen LogP contribution in [0, 0.1) is 16.7 Å². The van der Waals surface area contributed by atoms with Gasteiger partial charge in [0.2, 0.25) is 0 Å². The molecule has 0 amide bonds. The lowest BCUT2D eigenvalue weighted by atomic mass is 10.0. The fraction of sp³-hybridized carbons (Fsp3) is 0.176. The average molecular weight is 346 g/mol. The molecule has 1 saturated carbocycles. The van der Waals surface area contributed by atoms with Crippen molar-refractivity contribution >= 4 is 27.7 Å². The van der Waals surface area contributed by atoms with Gasteiger partial charge in [-0.05, 0) is 29.8 Å². The predicted molar refractivity (Wildman–Crippen MR) is 85.7 cm³/mol. The van der Waals surface area contributed by atoms with Gasteiger partial charge >= 0.3 is 0 Å². The lowest BCUT2D eigenvalue weighted by Crippen LogP contribution is -2.16. The molecule has 0 radical (unpaired) electrons. The lowest BCUT2D eigenvalue weighted by Gasteiger charge is -2.04. The van der Waals surface area contributed by atoms with Crippen molar-refractivity contribution in [2.24, 2.45) is 5.41 Å². The molecule has 3 atom stereocenters. The number of hydrogen-bond acceptors (Lipinski definition) is 4. The number of carbonyl (C=O) groups is 1. The van der Waals surface area contributed by atoms with Crippen molar-refractivity contribution in [1.82, 2.24) is 0 Å². The van der Waals surface area contributed by atoms with Gasteiger partial charge in [0.25, 0.3) is 0 Å². The van der Waals surface area contributed by atoms with E-state index in [4.69, 9.17) is 11.6 Å². The summed E-state index contributed by atoms with van der Waals surface area (Å²) in [7, 11) is -3.80. The van der Waals surface area contributed by atoms with Crippen molar-refractivity contribution in [3.8, 4) is 6.07 Å². The van der Waals surface area contributed by atoms with Crippen LogP contribution in [0.3, 0.4) is 0 Å². The zero-order valence-corrected chi connectivity index (χ0v) is 13.5. The van der Waals surface area contributed by atoms with Gasteiger partial charge in [0.15, 0.2) is 9.84 Å². The van der Waals surface area contributed by atoms with Crippen molar-refractivity contribution in [3.05, 3.63) is 65.2 Å². The summed E-state index contributed by atoms with van der Waals surface area (Å²) in [5.41, 5.74) is -0.991. The molecule has 0 unspecified atom stereocenters. The predicted octanol–water partition coefficient (Wildman–Crippen LogP) is 2.99. The molecule has 0 aliphatic heterocycles. The van der Waals surface area contributed by atoms with Crippen LogP contribution >= 0.6 is 11.6 Å². The molecule has 3 rings (SSSR count). The number of hydrogen-bond donors (Lipinski definition) is 0. The SMILES string of the molecule is N#C[C@]1(C=O)[C@@H](c2cccc(Cl)c2)[C@@H]1S(=O)(=O)c1ccccc1. The highest BCUT2D eigenvalue weighted by Crippen LogP contribution is 2.62. The molecule has 0 heterocycles. The van der Waals surface area contributed by atoms with Gasteiger partial charge in [-0.3, -0.25) is 0 Å². The summed E-state index contributed by atoms with van der Waals surface area (Å²) in [5.74, 6) is -0.714. The van der Waals surface area contributed by atoms with E-state index in [0.717, 1.165) is 0 Å². The molecule has 0 spiro atoms. The normalized spacial score (nSPS) is 26.3. The summed E-state index contributed by atoms with van der Waals surface area (Å²) < 4.78 is 25.7. The molecule has 0 aromatic heterocycles. The Hall–Kier alpha value is -2.16. The molecule has 1 aliphatic rings. The van der Waals surface area contributed by atoms with Gasteiger partial charge in [0.05, 0.1) is 11.0 Å². The molecule has 2 aromatic rings. The molecule has 0 saturated heterocycles. The minimum Gasteiger partial charge on any atom is -0.302 e. The molecular weight excluding hydrogens is 334 g/mol. The number of benzene rings is 2. The van der Waals surface area contributed by atoms with E-state index in [1.165, 1.54) is 12.1 Å². The summed E-state index contributed by atoms with van der Waals surface area (Å²) in [5, 5.41) is 8.79. The first-order chi connectivity index (χ1) is 11.0. The van der Waals surface area contributed by atoms with Gasteiger partial charge < -0.3 is 4.79 Å². The van der Waals surface area contributed by atoms with Crippen LogP contribution in [-0.4, -0.2) is 20.0 Å². The molecule has 23 heavy (non-hydrogen) atoms. The molecule has 4 nitrogen and oxygen atoms in total. The number of aldehydes is 1. The van der Waals surface area contributed by atoms with Crippen molar-refractivity contribution in [2.75, 3.05) is 0 Å². The van der Waals surface area contributed by atoms with E-state index in [1.54, 1.807) is 42.5 Å². The number of halogens is 1. The van der Waals surface area contributed by atoms with Crippen LogP contribution < -0.4 is 0 Å². The quantitative estimate of drug-likeness (QED) is 0.798. The van der Waals surface area contributed by atoms with E-state index >= 15 is 0 Å². The van der Waals surface area contributed by atoms with Crippen LogP contribution in [0.15, 0.2) is 59.5 Å². The largest absolute Gasteiger partial charge is 0.302 e. The first kappa shape index (κ1) is 15.7. The summed E-state index contributed by atoms with van der Waals surface area (Å²) in [6.45, 7) is 0. The van der Waals surface area contributed by atoms with Crippen LogP contribution in [0.25, 0.3) is 0 Å². The molecule has 2 aromatic carbocycles. The average Bonchev–Trinajstić information content (AvgIpc) is 3.26. The molecule has 0 bridgehead atoms. The first-order valence-electron chi connectivity index (χ1n) is 6.89. The Kier molecular flexibility index (Phi) is 3.75. The van der Waals surface area contributed by atoms with Crippen molar-refractivity contribution in [3.63, 3.8) is 0 Å². The Labute approximate surface area is 139 Å². The van der Waals surface area contributed by atoms with Gasteiger partial charge in [-0.25, -0.2) is 8.42 Å². The molecule has 6 heteroatoms. The number of rotatable bonds is 4. The number of nitrogens with zero attached hydrogens (tertiary/aromatic N) is 1. The fourth-order valence-electron chi connectivity index (χ4n) is 3.02. The maximum atomic E-state index is 12.9. The van der Waals surface area contributed by atoms with Crippen LogP contribution in [0.4, 0.5) is 0 Å².